The van der Waals surface area contributed by atoms with Gasteiger partial charge in [-0.05, 0) is 43.4 Å². The number of carbonyl (C=O) groups excluding carboxylic acids is 1. The number of aliphatic hydroxyl groups is 2. The summed E-state index contributed by atoms with van der Waals surface area (Å²) < 4.78 is 20.2. The van der Waals surface area contributed by atoms with E-state index in [1.807, 2.05) is 53.6 Å². The number of ether oxygens (including phenoxy) is 1. The lowest BCUT2D eigenvalue weighted by Crippen LogP contribution is -2.62. The molecule has 2 heterocycles. The smallest absolute Gasteiger partial charge is 0.301 e. The number of nitrogens with zero attached hydrogens (tertiary/aromatic N) is 3. The summed E-state index contributed by atoms with van der Waals surface area (Å²) in [4.78, 5) is 20.2. The number of carbonyl (C=O) groups is 1. The maximum absolute atomic E-state index is 13.1. The van der Waals surface area contributed by atoms with Gasteiger partial charge in [-0.1, -0.05) is 42.5 Å². The maximum Gasteiger partial charge on any atom is 0.301 e. The quantitative estimate of drug-likeness (QED) is 0.384. The van der Waals surface area contributed by atoms with Crippen LogP contribution in [0.15, 0.2) is 59.6 Å². The molecular formula is C30H34FN3O4. The first-order chi connectivity index (χ1) is 18.3. The van der Waals surface area contributed by atoms with Crippen molar-refractivity contribution in [3.63, 3.8) is 0 Å². The molecule has 7 nitrogen and oxygen atoms in total. The molecule has 0 amide bonds. The number of halogens is 1. The van der Waals surface area contributed by atoms with Crippen LogP contribution in [0.4, 0.5) is 15.8 Å². The van der Waals surface area contributed by atoms with Gasteiger partial charge >= 0.3 is 6.04 Å². The number of rotatable bonds is 10. The highest BCUT2D eigenvalue weighted by molar-refractivity contribution is 6.00. The van der Waals surface area contributed by atoms with Crippen LogP contribution in [0.2, 0.25) is 0 Å². The van der Waals surface area contributed by atoms with Crippen LogP contribution in [-0.4, -0.2) is 65.9 Å². The van der Waals surface area contributed by atoms with Gasteiger partial charge in [-0.25, -0.2) is 0 Å². The molecule has 1 spiro atoms. The van der Waals surface area contributed by atoms with Crippen LogP contribution in [-0.2, 0) is 16.8 Å². The molecular weight excluding hydrogens is 485 g/mol. The summed E-state index contributed by atoms with van der Waals surface area (Å²) in [7, 11) is 0. The molecule has 1 atom stereocenters. The molecule has 38 heavy (non-hydrogen) atoms. The van der Waals surface area contributed by atoms with Gasteiger partial charge in [0.1, 0.15) is 5.69 Å². The lowest BCUT2D eigenvalue weighted by molar-refractivity contribution is -0.129. The van der Waals surface area contributed by atoms with Gasteiger partial charge in [-0.2, -0.15) is 4.39 Å². The Bertz CT molecular complexity index is 1370. The van der Waals surface area contributed by atoms with E-state index in [1.54, 1.807) is 0 Å². The van der Waals surface area contributed by atoms with Gasteiger partial charge in [0, 0.05) is 49.2 Å². The molecule has 0 bridgehead atoms. The monoisotopic (exact) mass is 519 g/mol. The third kappa shape index (κ3) is 4.36. The average molecular weight is 520 g/mol. The van der Waals surface area contributed by atoms with E-state index in [9.17, 15) is 19.4 Å². The molecule has 3 aromatic carbocycles. The first-order valence-corrected chi connectivity index (χ1v) is 13.1. The van der Waals surface area contributed by atoms with Crippen molar-refractivity contribution in [3.05, 3.63) is 65.7 Å². The standard InChI is InChI=1S/C30H34FN3O4/c1-29(2)24-10-5-6-11-25(24)34(13-7-12-26(31)37)30(29)20-32-27-23-9-4-3-8-21(23)18-22(28(27)38-30)19-33(14-16-35)15-17-36/h3-6,8-11,18,20,35-36H,7,12-17,19H2,1-2H3. The Morgan fingerprint density at radius 2 is 1.79 bits per heavy atom. The van der Waals surface area contributed by atoms with Crippen molar-refractivity contribution in [2.45, 2.75) is 44.4 Å². The normalized spacial score (nSPS) is 19.2. The van der Waals surface area contributed by atoms with Crippen LogP contribution in [0, 0.1) is 0 Å². The summed E-state index contributed by atoms with van der Waals surface area (Å²) in [5.74, 6) is 0.652. The van der Waals surface area contributed by atoms with E-state index in [0.29, 0.717) is 38.3 Å². The molecule has 2 aliphatic rings. The molecule has 2 aliphatic heterocycles. The molecule has 0 saturated heterocycles. The molecule has 2 N–H and O–H groups in total. The van der Waals surface area contributed by atoms with Gasteiger partial charge < -0.3 is 19.8 Å². The maximum atomic E-state index is 13.1. The van der Waals surface area contributed by atoms with Crippen molar-refractivity contribution in [2.24, 2.45) is 4.99 Å². The van der Waals surface area contributed by atoms with Crippen LogP contribution in [0.5, 0.6) is 5.75 Å². The van der Waals surface area contributed by atoms with E-state index in [1.165, 1.54) is 0 Å². The van der Waals surface area contributed by atoms with E-state index in [-0.39, 0.29) is 19.6 Å². The Balaban J connectivity index is 1.65. The highest BCUT2D eigenvalue weighted by atomic mass is 19.1. The summed E-state index contributed by atoms with van der Waals surface area (Å²) in [6.07, 6.45) is 2.05. The number of aliphatic imine (C=N–C) groups is 1. The Hall–Kier alpha value is -3.33. The molecule has 3 aromatic rings. The first kappa shape index (κ1) is 26.3. The van der Waals surface area contributed by atoms with E-state index in [2.05, 4.69) is 30.9 Å². The summed E-state index contributed by atoms with van der Waals surface area (Å²) in [5.41, 5.74) is 2.18. The highest BCUT2D eigenvalue weighted by Crippen LogP contribution is 2.55. The fourth-order valence-electron chi connectivity index (χ4n) is 5.88. The first-order valence-electron chi connectivity index (χ1n) is 13.1. The SMILES string of the molecule is CC1(C)c2ccccc2N(CCCC(=O)F)C12C=Nc1c(c(CN(CCO)CCO)cc3ccccc13)O2. The minimum Gasteiger partial charge on any atom is -0.459 e. The summed E-state index contributed by atoms with van der Waals surface area (Å²) in [6, 6.07) is 16.9. The van der Waals surface area contributed by atoms with Crippen molar-refractivity contribution in [3.8, 4) is 5.75 Å². The number of benzene rings is 3. The number of fused-ring (bicyclic) bond motifs is 4. The molecule has 0 aliphatic carbocycles. The van der Waals surface area contributed by atoms with E-state index < -0.39 is 17.2 Å². The zero-order valence-corrected chi connectivity index (χ0v) is 21.9. The number of para-hydroxylation sites is 1. The second-order valence-electron chi connectivity index (χ2n) is 10.5. The summed E-state index contributed by atoms with van der Waals surface area (Å²) in [6.45, 7) is 5.89. The number of hydrogen-bond acceptors (Lipinski definition) is 7. The van der Waals surface area contributed by atoms with Crippen LogP contribution in [0.1, 0.15) is 37.8 Å². The molecule has 0 radical (unpaired) electrons. The third-order valence-electron chi connectivity index (χ3n) is 7.82. The molecule has 1 unspecified atom stereocenters. The van der Waals surface area contributed by atoms with Crippen molar-refractivity contribution in [1.82, 2.24) is 4.90 Å². The Labute approximate surface area is 222 Å². The number of hydrogen-bond donors (Lipinski definition) is 2. The van der Waals surface area contributed by atoms with Gasteiger partial charge in [0.15, 0.2) is 5.75 Å². The zero-order valence-electron chi connectivity index (χ0n) is 21.9. The van der Waals surface area contributed by atoms with E-state index >= 15 is 0 Å². The summed E-state index contributed by atoms with van der Waals surface area (Å²) in [5, 5.41) is 21.2. The van der Waals surface area contributed by atoms with Gasteiger partial charge in [0.25, 0.3) is 0 Å². The Morgan fingerprint density at radius 3 is 2.53 bits per heavy atom. The van der Waals surface area contributed by atoms with Crippen molar-refractivity contribution in [1.29, 1.82) is 0 Å². The van der Waals surface area contributed by atoms with E-state index in [4.69, 9.17) is 9.73 Å². The minimum atomic E-state index is -1.32. The minimum absolute atomic E-state index is 0.0257. The van der Waals surface area contributed by atoms with Crippen molar-refractivity contribution < 1.29 is 24.1 Å². The largest absolute Gasteiger partial charge is 0.459 e. The van der Waals surface area contributed by atoms with Gasteiger partial charge in [0.05, 0.1) is 24.8 Å². The van der Waals surface area contributed by atoms with Crippen LogP contribution in [0.25, 0.3) is 10.8 Å². The molecule has 0 aromatic heterocycles. The van der Waals surface area contributed by atoms with Gasteiger partial charge in [0.2, 0.25) is 5.72 Å². The fourth-order valence-corrected chi connectivity index (χ4v) is 5.88. The van der Waals surface area contributed by atoms with Crippen molar-refractivity contribution >= 4 is 34.4 Å². The predicted octanol–water partition coefficient (Wildman–Crippen LogP) is 4.49. The fraction of sp³-hybridized carbons (Fsp3) is 0.400. The lowest BCUT2D eigenvalue weighted by atomic mass is 9.77. The lowest BCUT2D eigenvalue weighted by Gasteiger charge is -2.47. The average Bonchev–Trinajstić information content (AvgIpc) is 3.07. The van der Waals surface area contributed by atoms with Gasteiger partial charge in [-0.3, -0.25) is 14.7 Å². The highest BCUT2D eigenvalue weighted by Gasteiger charge is 2.59. The second kappa shape index (κ2) is 10.4. The summed E-state index contributed by atoms with van der Waals surface area (Å²) >= 11 is 0. The van der Waals surface area contributed by atoms with E-state index in [0.717, 1.165) is 33.3 Å². The molecule has 200 valence electrons. The molecule has 0 fully saturated rings. The molecule has 5 rings (SSSR count). The van der Waals surface area contributed by atoms with Gasteiger partial charge in [-0.15, -0.1) is 0 Å². The zero-order chi connectivity index (χ0) is 26.9. The van der Waals surface area contributed by atoms with Crippen molar-refractivity contribution in [2.75, 3.05) is 37.7 Å². The third-order valence-corrected chi connectivity index (χ3v) is 7.82. The topological polar surface area (TPSA) is 85.6 Å². The Kier molecular flexibility index (Phi) is 7.22. The predicted molar refractivity (Wildman–Crippen MR) is 147 cm³/mol. The van der Waals surface area contributed by atoms with Crippen LogP contribution in [0.3, 0.4) is 0 Å². The second-order valence-corrected chi connectivity index (χ2v) is 10.5. The van der Waals surface area contributed by atoms with Crippen LogP contribution < -0.4 is 9.64 Å². The van der Waals surface area contributed by atoms with Crippen LogP contribution >= 0.6 is 0 Å². The molecule has 8 heteroatoms. The number of anilines is 1. The Morgan fingerprint density at radius 1 is 1.08 bits per heavy atom. The number of aliphatic hydroxyl groups excluding tert-OH is 2. The molecule has 0 saturated carbocycles.